The van der Waals surface area contributed by atoms with Crippen molar-refractivity contribution in [3.63, 3.8) is 0 Å². The summed E-state index contributed by atoms with van der Waals surface area (Å²) in [6, 6.07) is 11.1. The molecule has 2 aromatic carbocycles. The third-order valence-electron chi connectivity index (χ3n) is 3.30. The lowest BCUT2D eigenvalue weighted by Crippen LogP contribution is -2.00. The van der Waals surface area contributed by atoms with E-state index in [9.17, 15) is 4.39 Å². The van der Waals surface area contributed by atoms with Gasteiger partial charge in [0.2, 0.25) is 0 Å². The standard InChI is InChI=1S/C17H18BrFO/c1-4-20-15-7-5-13(6-8-15)17(18)16-11(2)9-14(19)10-12(16)3/h5-10,17H,4H2,1-3H3. The van der Waals surface area contributed by atoms with Gasteiger partial charge in [-0.1, -0.05) is 28.1 Å². The summed E-state index contributed by atoms with van der Waals surface area (Å²) in [6.45, 7) is 6.50. The minimum Gasteiger partial charge on any atom is -0.494 e. The van der Waals surface area contributed by atoms with E-state index in [-0.39, 0.29) is 10.6 Å². The number of aryl methyl sites for hydroxylation is 2. The van der Waals surface area contributed by atoms with Gasteiger partial charge in [-0.2, -0.15) is 0 Å². The zero-order valence-electron chi connectivity index (χ0n) is 11.9. The zero-order valence-corrected chi connectivity index (χ0v) is 13.5. The Morgan fingerprint density at radius 2 is 1.65 bits per heavy atom. The second-order valence-electron chi connectivity index (χ2n) is 4.82. The van der Waals surface area contributed by atoms with Gasteiger partial charge in [-0.15, -0.1) is 0 Å². The lowest BCUT2D eigenvalue weighted by molar-refractivity contribution is 0.340. The number of rotatable bonds is 4. The summed E-state index contributed by atoms with van der Waals surface area (Å²) in [7, 11) is 0. The van der Waals surface area contributed by atoms with Crippen molar-refractivity contribution in [3.05, 3.63) is 64.5 Å². The Hall–Kier alpha value is -1.35. The van der Waals surface area contributed by atoms with Gasteiger partial charge in [0.15, 0.2) is 0 Å². The molecule has 0 N–H and O–H groups in total. The molecule has 2 aromatic rings. The van der Waals surface area contributed by atoms with Crippen LogP contribution in [0.2, 0.25) is 0 Å². The summed E-state index contributed by atoms with van der Waals surface area (Å²) in [5.41, 5.74) is 4.17. The largest absolute Gasteiger partial charge is 0.494 e. The lowest BCUT2D eigenvalue weighted by atomic mass is 9.96. The molecule has 0 saturated heterocycles. The van der Waals surface area contributed by atoms with Crippen molar-refractivity contribution in [1.29, 1.82) is 0 Å². The van der Waals surface area contributed by atoms with Gasteiger partial charge in [0, 0.05) is 0 Å². The van der Waals surface area contributed by atoms with Crippen molar-refractivity contribution < 1.29 is 9.13 Å². The molecule has 0 aliphatic rings. The molecular formula is C17H18BrFO. The molecule has 20 heavy (non-hydrogen) atoms. The summed E-state index contributed by atoms with van der Waals surface area (Å²) in [5.74, 6) is 0.679. The van der Waals surface area contributed by atoms with Gasteiger partial charge in [0.25, 0.3) is 0 Å². The van der Waals surface area contributed by atoms with E-state index in [2.05, 4.69) is 15.9 Å². The number of hydrogen-bond donors (Lipinski definition) is 0. The number of benzene rings is 2. The number of halogens is 2. The summed E-state index contributed by atoms with van der Waals surface area (Å²) >= 11 is 3.72. The van der Waals surface area contributed by atoms with Crippen LogP contribution < -0.4 is 4.74 Å². The van der Waals surface area contributed by atoms with E-state index >= 15 is 0 Å². The van der Waals surface area contributed by atoms with Crippen LogP contribution in [0.5, 0.6) is 5.75 Å². The van der Waals surface area contributed by atoms with Gasteiger partial charge in [-0.3, -0.25) is 0 Å². The molecule has 2 rings (SSSR count). The van der Waals surface area contributed by atoms with E-state index in [4.69, 9.17) is 4.74 Å². The fraction of sp³-hybridized carbons (Fsp3) is 0.294. The Morgan fingerprint density at radius 1 is 1.10 bits per heavy atom. The molecule has 1 nitrogen and oxygen atoms in total. The minimum atomic E-state index is -0.185. The fourth-order valence-corrected chi connectivity index (χ4v) is 3.42. The van der Waals surface area contributed by atoms with Crippen molar-refractivity contribution in [1.82, 2.24) is 0 Å². The maximum absolute atomic E-state index is 13.4. The van der Waals surface area contributed by atoms with Crippen LogP contribution in [-0.4, -0.2) is 6.61 Å². The normalized spacial score (nSPS) is 12.2. The Balaban J connectivity index is 2.33. The molecule has 0 fully saturated rings. The predicted octanol–water partition coefficient (Wildman–Crippen LogP) is 5.33. The van der Waals surface area contributed by atoms with Crippen LogP contribution in [0.15, 0.2) is 36.4 Å². The smallest absolute Gasteiger partial charge is 0.123 e. The second-order valence-corrected chi connectivity index (χ2v) is 5.73. The summed E-state index contributed by atoms with van der Waals surface area (Å²) in [6.07, 6.45) is 0. The van der Waals surface area contributed by atoms with Gasteiger partial charge in [0.05, 0.1) is 11.4 Å². The van der Waals surface area contributed by atoms with Crippen molar-refractivity contribution in [2.45, 2.75) is 25.6 Å². The molecule has 0 bridgehead atoms. The first-order valence-corrected chi connectivity index (χ1v) is 7.58. The van der Waals surface area contributed by atoms with Gasteiger partial charge >= 0.3 is 0 Å². The molecule has 0 heterocycles. The second kappa shape index (κ2) is 6.40. The first-order valence-electron chi connectivity index (χ1n) is 6.66. The Bertz CT molecular complexity index is 569. The molecule has 0 aromatic heterocycles. The summed E-state index contributed by atoms with van der Waals surface area (Å²) in [4.78, 5) is 0.0544. The fourth-order valence-electron chi connectivity index (χ4n) is 2.39. The molecule has 1 atom stereocenters. The molecule has 0 spiro atoms. The van der Waals surface area contributed by atoms with Gasteiger partial charge < -0.3 is 4.74 Å². The molecule has 3 heteroatoms. The van der Waals surface area contributed by atoms with Crippen molar-refractivity contribution in [2.75, 3.05) is 6.61 Å². The molecular weight excluding hydrogens is 319 g/mol. The molecule has 0 aliphatic carbocycles. The van der Waals surface area contributed by atoms with Crippen LogP contribution in [0.25, 0.3) is 0 Å². The predicted molar refractivity (Wildman–Crippen MR) is 84.3 cm³/mol. The average Bonchev–Trinajstić information content (AvgIpc) is 2.38. The highest BCUT2D eigenvalue weighted by molar-refractivity contribution is 9.09. The van der Waals surface area contributed by atoms with Crippen LogP contribution >= 0.6 is 15.9 Å². The SMILES string of the molecule is CCOc1ccc(C(Br)c2c(C)cc(F)cc2C)cc1. The quantitative estimate of drug-likeness (QED) is 0.686. The molecule has 0 saturated carbocycles. The van der Waals surface area contributed by atoms with Crippen molar-refractivity contribution in [2.24, 2.45) is 0 Å². The molecule has 0 radical (unpaired) electrons. The van der Waals surface area contributed by atoms with Crippen LogP contribution in [0.4, 0.5) is 4.39 Å². The lowest BCUT2D eigenvalue weighted by Gasteiger charge is -2.17. The van der Waals surface area contributed by atoms with Crippen molar-refractivity contribution in [3.8, 4) is 5.75 Å². The van der Waals surface area contributed by atoms with Crippen LogP contribution in [0.3, 0.4) is 0 Å². The van der Waals surface area contributed by atoms with Crippen LogP contribution in [0, 0.1) is 19.7 Å². The Morgan fingerprint density at radius 3 is 2.15 bits per heavy atom. The number of hydrogen-bond acceptors (Lipinski definition) is 1. The van der Waals surface area contributed by atoms with Crippen LogP contribution in [0.1, 0.15) is 34.0 Å². The summed E-state index contributed by atoms with van der Waals surface area (Å²) < 4.78 is 18.8. The highest BCUT2D eigenvalue weighted by Gasteiger charge is 2.16. The third-order valence-corrected chi connectivity index (χ3v) is 4.28. The first kappa shape index (κ1) is 15.0. The zero-order chi connectivity index (χ0) is 14.7. The van der Waals surface area contributed by atoms with E-state index in [1.165, 1.54) is 0 Å². The highest BCUT2D eigenvalue weighted by Crippen LogP contribution is 2.36. The third kappa shape index (κ3) is 3.21. The van der Waals surface area contributed by atoms with E-state index in [1.54, 1.807) is 12.1 Å². The highest BCUT2D eigenvalue weighted by atomic mass is 79.9. The molecule has 106 valence electrons. The van der Waals surface area contributed by atoms with Crippen LogP contribution in [-0.2, 0) is 0 Å². The van der Waals surface area contributed by atoms with Gasteiger partial charge in [0.1, 0.15) is 11.6 Å². The maximum Gasteiger partial charge on any atom is 0.123 e. The van der Waals surface area contributed by atoms with E-state index in [0.717, 1.165) is 28.0 Å². The summed E-state index contributed by atoms with van der Waals surface area (Å²) in [5, 5.41) is 0. The Kier molecular flexibility index (Phi) is 4.81. The van der Waals surface area contributed by atoms with Crippen molar-refractivity contribution >= 4 is 15.9 Å². The minimum absolute atomic E-state index is 0.0544. The molecule has 1 unspecified atom stereocenters. The topological polar surface area (TPSA) is 9.23 Å². The van der Waals surface area contributed by atoms with Gasteiger partial charge in [-0.25, -0.2) is 4.39 Å². The van der Waals surface area contributed by atoms with E-state index in [1.807, 2.05) is 45.0 Å². The average molecular weight is 337 g/mol. The van der Waals surface area contributed by atoms with E-state index in [0.29, 0.717) is 6.61 Å². The monoisotopic (exact) mass is 336 g/mol. The van der Waals surface area contributed by atoms with E-state index < -0.39 is 0 Å². The molecule has 0 amide bonds. The first-order chi connectivity index (χ1) is 9.52. The molecule has 0 aliphatic heterocycles. The Labute approximate surface area is 127 Å². The maximum atomic E-state index is 13.4. The number of alkyl halides is 1. The number of ether oxygens (including phenoxy) is 1. The van der Waals surface area contributed by atoms with Gasteiger partial charge in [-0.05, 0) is 67.3 Å².